The number of thiocarbonyl (C=S) groups is 1. The van der Waals surface area contributed by atoms with Gasteiger partial charge in [0.05, 0.1) is 5.02 Å². The Hall–Kier alpha value is -3.39. The number of hydrogen-bond acceptors (Lipinski definition) is 5. The van der Waals surface area contributed by atoms with Crippen LogP contribution in [0.3, 0.4) is 0 Å². The Morgan fingerprint density at radius 2 is 1.79 bits per heavy atom. The van der Waals surface area contributed by atoms with Crippen molar-refractivity contribution in [2.24, 2.45) is 0 Å². The molecule has 33 heavy (non-hydrogen) atoms. The van der Waals surface area contributed by atoms with E-state index in [1.54, 1.807) is 24.3 Å². The number of amides is 1. The number of anilines is 1. The molecule has 0 saturated heterocycles. The zero-order valence-electron chi connectivity index (χ0n) is 17.1. The highest BCUT2D eigenvalue weighted by Crippen LogP contribution is 2.32. The zero-order valence-corrected chi connectivity index (χ0v) is 19.4. The second kappa shape index (κ2) is 8.51. The van der Waals surface area contributed by atoms with Gasteiger partial charge >= 0.3 is 0 Å². The van der Waals surface area contributed by atoms with E-state index in [1.165, 1.54) is 0 Å². The summed E-state index contributed by atoms with van der Waals surface area (Å²) >= 11 is 17.5. The van der Waals surface area contributed by atoms with Crippen LogP contribution in [0, 0.1) is 6.92 Å². The minimum atomic E-state index is -0.417. The number of furan rings is 1. The van der Waals surface area contributed by atoms with Gasteiger partial charge in [0.15, 0.2) is 16.5 Å². The monoisotopic (exact) mass is 495 g/mol. The quantitative estimate of drug-likeness (QED) is 0.262. The predicted octanol–water partition coefficient (Wildman–Crippen LogP) is 6.98. The van der Waals surface area contributed by atoms with E-state index >= 15 is 0 Å². The van der Waals surface area contributed by atoms with Crippen molar-refractivity contribution in [2.45, 2.75) is 6.92 Å². The highest BCUT2D eigenvalue weighted by atomic mass is 35.5. The number of oxazole rings is 1. The molecule has 0 spiro atoms. The van der Waals surface area contributed by atoms with Gasteiger partial charge in [-0.1, -0.05) is 41.4 Å². The van der Waals surface area contributed by atoms with Gasteiger partial charge in [-0.05, 0) is 61.6 Å². The predicted molar refractivity (Wildman–Crippen MR) is 134 cm³/mol. The van der Waals surface area contributed by atoms with E-state index < -0.39 is 5.91 Å². The lowest BCUT2D eigenvalue weighted by Crippen LogP contribution is -2.34. The molecule has 3 aromatic carbocycles. The molecule has 5 rings (SSSR count). The molecule has 5 aromatic rings. The molecule has 0 unspecified atom stereocenters. The average molecular weight is 496 g/mol. The van der Waals surface area contributed by atoms with Crippen molar-refractivity contribution < 1.29 is 13.6 Å². The van der Waals surface area contributed by atoms with E-state index in [9.17, 15) is 4.79 Å². The fourth-order valence-electron chi connectivity index (χ4n) is 3.49. The third-order valence-corrected chi connectivity index (χ3v) is 5.78. The van der Waals surface area contributed by atoms with Gasteiger partial charge in [0.2, 0.25) is 5.89 Å². The van der Waals surface area contributed by atoms with Crippen molar-refractivity contribution in [1.29, 1.82) is 0 Å². The van der Waals surface area contributed by atoms with Gasteiger partial charge in [-0.2, -0.15) is 0 Å². The highest BCUT2D eigenvalue weighted by molar-refractivity contribution is 7.80. The third kappa shape index (κ3) is 4.18. The second-order valence-electron chi connectivity index (χ2n) is 7.29. The lowest BCUT2D eigenvalue weighted by molar-refractivity contribution is 0.0952. The van der Waals surface area contributed by atoms with Crippen molar-refractivity contribution in [2.75, 3.05) is 5.32 Å². The zero-order chi connectivity index (χ0) is 23.1. The average Bonchev–Trinajstić information content (AvgIpc) is 3.36. The van der Waals surface area contributed by atoms with Gasteiger partial charge in [-0.3, -0.25) is 10.1 Å². The number of benzene rings is 3. The molecule has 2 aromatic heterocycles. The summed E-state index contributed by atoms with van der Waals surface area (Å²) in [4.78, 5) is 17.1. The Labute approximate surface area is 203 Å². The number of rotatable bonds is 3. The molecule has 9 heteroatoms. The smallest absolute Gasteiger partial charge is 0.293 e. The van der Waals surface area contributed by atoms with Crippen LogP contribution in [-0.2, 0) is 0 Å². The number of halogens is 2. The molecule has 0 atom stereocenters. The van der Waals surface area contributed by atoms with Crippen LogP contribution < -0.4 is 10.6 Å². The second-order valence-corrected chi connectivity index (χ2v) is 8.54. The number of fused-ring (bicyclic) bond motifs is 2. The number of carbonyl (C=O) groups is 1. The summed E-state index contributed by atoms with van der Waals surface area (Å²) in [5.74, 6) is 0.224. The topological polar surface area (TPSA) is 80.3 Å². The molecule has 0 saturated carbocycles. The van der Waals surface area contributed by atoms with Crippen LogP contribution >= 0.6 is 35.4 Å². The first kappa shape index (κ1) is 21.5. The summed E-state index contributed by atoms with van der Waals surface area (Å²) in [6.07, 6.45) is 0. The Morgan fingerprint density at radius 1 is 1.03 bits per heavy atom. The van der Waals surface area contributed by atoms with Crippen LogP contribution in [0.5, 0.6) is 0 Å². The molecule has 2 heterocycles. The van der Waals surface area contributed by atoms with E-state index in [0.29, 0.717) is 38.3 Å². The maximum absolute atomic E-state index is 12.6. The van der Waals surface area contributed by atoms with Crippen molar-refractivity contribution in [3.63, 3.8) is 0 Å². The molecule has 0 fully saturated rings. The van der Waals surface area contributed by atoms with Crippen molar-refractivity contribution >= 4 is 74.2 Å². The number of para-hydroxylation sites is 1. The van der Waals surface area contributed by atoms with Crippen LogP contribution in [0.1, 0.15) is 16.1 Å². The van der Waals surface area contributed by atoms with Crippen molar-refractivity contribution in [3.05, 3.63) is 82.0 Å². The molecule has 2 N–H and O–H groups in total. The summed E-state index contributed by atoms with van der Waals surface area (Å²) in [5.41, 5.74) is 3.89. The van der Waals surface area contributed by atoms with E-state index in [-0.39, 0.29) is 10.9 Å². The van der Waals surface area contributed by atoms with E-state index in [0.717, 1.165) is 16.5 Å². The number of nitrogens with one attached hydrogen (secondary N) is 2. The molecule has 0 aliphatic carbocycles. The van der Waals surface area contributed by atoms with Crippen LogP contribution in [0.2, 0.25) is 10.0 Å². The number of carbonyl (C=O) groups excluding carboxylic acids is 1. The van der Waals surface area contributed by atoms with Crippen molar-refractivity contribution in [1.82, 2.24) is 10.3 Å². The standard InChI is InChI=1S/C24H15Cl2N3O3S/c1-12-16-4-2-3-5-19(16)31-20(12)22(30)29-24(33)27-15-8-6-13(7-9-15)23-28-18-11-14(25)10-17(26)21(18)32-23/h2-11H,1H3,(H2,27,29,30,33). The first-order chi connectivity index (χ1) is 15.9. The molecular formula is C24H15Cl2N3O3S. The first-order valence-corrected chi connectivity index (χ1v) is 11.0. The molecule has 0 radical (unpaired) electrons. The SMILES string of the molecule is Cc1c(C(=O)NC(=S)Nc2ccc(-c3nc4cc(Cl)cc(Cl)c4o3)cc2)oc2ccccc12. The number of nitrogens with zero attached hydrogens (tertiary/aromatic N) is 1. The van der Waals surface area contributed by atoms with Gasteiger partial charge in [-0.15, -0.1) is 0 Å². The van der Waals surface area contributed by atoms with Crippen LogP contribution in [0.4, 0.5) is 5.69 Å². The Bertz CT molecular complexity index is 1540. The van der Waals surface area contributed by atoms with Gasteiger partial charge < -0.3 is 14.2 Å². The summed E-state index contributed by atoms with van der Waals surface area (Å²) in [6, 6.07) is 18.0. The van der Waals surface area contributed by atoms with Crippen LogP contribution in [0.25, 0.3) is 33.5 Å². The summed E-state index contributed by atoms with van der Waals surface area (Å²) in [5, 5.41) is 7.56. The molecule has 6 nitrogen and oxygen atoms in total. The lowest BCUT2D eigenvalue weighted by Gasteiger charge is -2.09. The van der Waals surface area contributed by atoms with Crippen molar-refractivity contribution in [3.8, 4) is 11.5 Å². The minimum absolute atomic E-state index is 0.149. The number of aromatic nitrogens is 1. The van der Waals surface area contributed by atoms with E-state index in [2.05, 4.69) is 15.6 Å². The molecule has 0 aliphatic heterocycles. The minimum Gasteiger partial charge on any atom is -0.451 e. The summed E-state index contributed by atoms with van der Waals surface area (Å²) in [6.45, 7) is 1.84. The van der Waals surface area contributed by atoms with E-state index in [1.807, 2.05) is 43.3 Å². The van der Waals surface area contributed by atoms with Crippen LogP contribution in [0.15, 0.2) is 69.5 Å². The molecule has 0 aliphatic rings. The lowest BCUT2D eigenvalue weighted by atomic mass is 10.1. The fourth-order valence-corrected chi connectivity index (χ4v) is 4.22. The van der Waals surface area contributed by atoms with Gasteiger partial charge in [0.1, 0.15) is 11.1 Å². The van der Waals surface area contributed by atoms with Gasteiger partial charge in [0, 0.05) is 27.2 Å². The largest absolute Gasteiger partial charge is 0.451 e. The Morgan fingerprint density at radius 3 is 2.55 bits per heavy atom. The fraction of sp³-hybridized carbons (Fsp3) is 0.0417. The Kier molecular flexibility index (Phi) is 5.54. The summed E-state index contributed by atoms with van der Waals surface area (Å²) in [7, 11) is 0. The van der Waals surface area contributed by atoms with Gasteiger partial charge in [-0.25, -0.2) is 4.98 Å². The van der Waals surface area contributed by atoms with Crippen LogP contribution in [-0.4, -0.2) is 16.0 Å². The molecular weight excluding hydrogens is 481 g/mol. The maximum atomic E-state index is 12.6. The first-order valence-electron chi connectivity index (χ1n) is 9.85. The van der Waals surface area contributed by atoms with Gasteiger partial charge in [0.25, 0.3) is 5.91 Å². The highest BCUT2D eigenvalue weighted by Gasteiger charge is 2.18. The molecule has 164 valence electrons. The van der Waals surface area contributed by atoms with E-state index in [4.69, 9.17) is 44.3 Å². The summed E-state index contributed by atoms with van der Waals surface area (Å²) < 4.78 is 11.5. The Balaban J connectivity index is 1.29. The number of aryl methyl sites for hydroxylation is 1. The molecule has 1 amide bonds. The third-order valence-electron chi connectivity index (χ3n) is 5.08. The number of hydrogen-bond donors (Lipinski definition) is 2. The maximum Gasteiger partial charge on any atom is 0.293 e. The molecule has 0 bridgehead atoms. The normalized spacial score (nSPS) is 11.1.